The molecule has 0 bridgehead atoms. The van der Waals surface area contributed by atoms with Gasteiger partial charge in [0, 0.05) is 12.1 Å². The van der Waals surface area contributed by atoms with Crippen LogP contribution in [0.4, 0.5) is 0 Å². The third kappa shape index (κ3) is 4.37. The number of hydrogen-bond donors (Lipinski definition) is 1. The first-order valence-electron chi connectivity index (χ1n) is 9.74. The number of amides is 1. The molecule has 0 radical (unpaired) electrons. The second-order valence-electron chi connectivity index (χ2n) is 7.24. The number of carbonyl (C=O) groups is 2. The Morgan fingerprint density at radius 2 is 2.07 bits per heavy atom. The van der Waals surface area contributed by atoms with Crippen LogP contribution in [0, 0.1) is 0 Å². The van der Waals surface area contributed by atoms with Gasteiger partial charge in [-0.15, -0.1) is 0 Å². The Bertz CT molecular complexity index is 952. The standard InChI is InChI=1S/C22H25ClN2O5/c1-4-29-16-9-8-14(13-15(16)23)20(26)18-19(17-7-5-12-30-17)25(22(28)21(18)27)11-6-10-24(2)3/h5,7-9,12-13,19,26H,4,6,10-11H2,1-3H3. The molecule has 8 heteroatoms. The van der Waals surface area contributed by atoms with E-state index in [-0.39, 0.29) is 11.3 Å². The van der Waals surface area contributed by atoms with Crippen molar-refractivity contribution in [2.24, 2.45) is 0 Å². The molecule has 1 atom stereocenters. The van der Waals surface area contributed by atoms with Crippen LogP contribution in [-0.4, -0.2) is 60.4 Å². The summed E-state index contributed by atoms with van der Waals surface area (Å²) < 4.78 is 10.9. The van der Waals surface area contributed by atoms with Gasteiger partial charge < -0.3 is 24.1 Å². The van der Waals surface area contributed by atoms with Gasteiger partial charge in [0.2, 0.25) is 0 Å². The summed E-state index contributed by atoms with van der Waals surface area (Å²) >= 11 is 6.24. The fraction of sp³-hybridized carbons (Fsp3) is 0.364. The van der Waals surface area contributed by atoms with Crippen LogP contribution in [0.5, 0.6) is 5.75 Å². The van der Waals surface area contributed by atoms with Crippen molar-refractivity contribution in [2.75, 3.05) is 33.8 Å². The van der Waals surface area contributed by atoms with Crippen LogP contribution >= 0.6 is 11.6 Å². The molecule has 3 rings (SSSR count). The van der Waals surface area contributed by atoms with Crippen LogP contribution in [-0.2, 0) is 9.59 Å². The lowest BCUT2D eigenvalue weighted by Gasteiger charge is -2.24. The van der Waals surface area contributed by atoms with Gasteiger partial charge in [0.1, 0.15) is 23.3 Å². The van der Waals surface area contributed by atoms with E-state index in [4.69, 9.17) is 20.8 Å². The number of ketones is 1. The molecule has 2 heterocycles. The Balaban J connectivity index is 2.03. The molecule has 1 unspecified atom stereocenters. The molecule has 1 amide bonds. The lowest BCUT2D eigenvalue weighted by molar-refractivity contribution is -0.140. The van der Waals surface area contributed by atoms with Crippen LogP contribution < -0.4 is 4.74 Å². The molecular formula is C22H25ClN2O5. The average Bonchev–Trinajstić information content (AvgIpc) is 3.31. The van der Waals surface area contributed by atoms with Crippen LogP contribution in [0.1, 0.15) is 30.7 Å². The summed E-state index contributed by atoms with van der Waals surface area (Å²) in [7, 11) is 3.88. The van der Waals surface area contributed by atoms with Crippen LogP contribution in [0.3, 0.4) is 0 Å². The highest BCUT2D eigenvalue weighted by Crippen LogP contribution is 2.40. The van der Waals surface area contributed by atoms with Crippen molar-refractivity contribution in [2.45, 2.75) is 19.4 Å². The molecule has 1 fully saturated rings. The lowest BCUT2D eigenvalue weighted by atomic mass is 9.99. The molecule has 7 nitrogen and oxygen atoms in total. The first-order valence-corrected chi connectivity index (χ1v) is 10.1. The maximum atomic E-state index is 12.9. The van der Waals surface area contributed by atoms with Crippen LogP contribution in [0.15, 0.2) is 46.6 Å². The van der Waals surface area contributed by atoms with Gasteiger partial charge in [-0.1, -0.05) is 11.6 Å². The number of rotatable bonds is 8. The van der Waals surface area contributed by atoms with Crippen molar-refractivity contribution in [3.05, 3.63) is 58.5 Å². The minimum atomic E-state index is -0.799. The van der Waals surface area contributed by atoms with Gasteiger partial charge in [-0.25, -0.2) is 0 Å². The quantitative estimate of drug-likeness (QED) is 0.389. The van der Waals surface area contributed by atoms with Gasteiger partial charge in [0.05, 0.1) is 23.5 Å². The molecule has 1 N–H and O–H groups in total. The zero-order chi connectivity index (χ0) is 21.8. The van der Waals surface area contributed by atoms with E-state index in [0.717, 1.165) is 6.54 Å². The first-order chi connectivity index (χ1) is 14.3. The van der Waals surface area contributed by atoms with E-state index in [0.29, 0.717) is 41.7 Å². The third-order valence-corrected chi connectivity index (χ3v) is 5.16. The molecule has 2 aromatic rings. The molecule has 1 aliphatic rings. The van der Waals surface area contributed by atoms with Gasteiger partial charge in [0.25, 0.3) is 11.7 Å². The van der Waals surface area contributed by atoms with E-state index in [1.54, 1.807) is 24.3 Å². The van der Waals surface area contributed by atoms with E-state index in [1.807, 2.05) is 25.9 Å². The fourth-order valence-electron chi connectivity index (χ4n) is 3.49. The molecule has 160 valence electrons. The zero-order valence-electron chi connectivity index (χ0n) is 17.2. The number of aliphatic hydroxyl groups is 1. The van der Waals surface area contributed by atoms with Gasteiger partial charge in [-0.3, -0.25) is 9.59 Å². The Labute approximate surface area is 180 Å². The van der Waals surface area contributed by atoms with E-state index in [9.17, 15) is 14.7 Å². The van der Waals surface area contributed by atoms with E-state index in [1.165, 1.54) is 17.2 Å². The van der Waals surface area contributed by atoms with Gasteiger partial charge in [-0.05, 0) is 64.3 Å². The monoisotopic (exact) mass is 432 g/mol. The largest absolute Gasteiger partial charge is 0.507 e. The number of benzene rings is 1. The second-order valence-corrected chi connectivity index (χ2v) is 7.65. The molecule has 1 saturated heterocycles. The lowest BCUT2D eigenvalue weighted by Crippen LogP contribution is -2.32. The summed E-state index contributed by atoms with van der Waals surface area (Å²) in [5, 5.41) is 11.3. The van der Waals surface area contributed by atoms with Crippen LogP contribution in [0.25, 0.3) is 5.76 Å². The number of furan rings is 1. The number of aliphatic hydroxyl groups excluding tert-OH is 1. The predicted octanol–water partition coefficient (Wildman–Crippen LogP) is 3.71. The topological polar surface area (TPSA) is 83.2 Å². The van der Waals surface area contributed by atoms with Crippen molar-refractivity contribution >= 4 is 29.1 Å². The molecular weight excluding hydrogens is 408 g/mol. The minimum Gasteiger partial charge on any atom is -0.507 e. The third-order valence-electron chi connectivity index (χ3n) is 4.86. The summed E-state index contributed by atoms with van der Waals surface area (Å²) in [6, 6.07) is 7.31. The van der Waals surface area contributed by atoms with Crippen molar-refractivity contribution in [3.63, 3.8) is 0 Å². The van der Waals surface area contributed by atoms with E-state index in [2.05, 4.69) is 0 Å². The Hall–Kier alpha value is -2.77. The predicted molar refractivity (Wildman–Crippen MR) is 114 cm³/mol. The molecule has 30 heavy (non-hydrogen) atoms. The molecule has 1 aliphatic heterocycles. The maximum Gasteiger partial charge on any atom is 0.295 e. The summed E-state index contributed by atoms with van der Waals surface area (Å²) in [5.74, 6) is -0.813. The van der Waals surface area contributed by atoms with Crippen molar-refractivity contribution in [1.82, 2.24) is 9.80 Å². The minimum absolute atomic E-state index is 0.0139. The number of ether oxygens (including phenoxy) is 1. The summed E-state index contributed by atoms with van der Waals surface area (Å²) in [4.78, 5) is 29.1. The Kier molecular flexibility index (Phi) is 6.84. The number of halogens is 1. The molecule has 0 aliphatic carbocycles. The van der Waals surface area contributed by atoms with Crippen LogP contribution in [0.2, 0.25) is 5.02 Å². The second kappa shape index (κ2) is 9.36. The molecule has 0 spiro atoms. The summed E-state index contributed by atoms with van der Waals surface area (Å²) in [6.45, 7) is 3.39. The van der Waals surface area contributed by atoms with Gasteiger partial charge in [-0.2, -0.15) is 0 Å². The van der Waals surface area contributed by atoms with Crippen molar-refractivity contribution in [1.29, 1.82) is 0 Å². The number of Topliss-reactive ketones (excluding diaryl/α,β-unsaturated/α-hetero) is 1. The zero-order valence-corrected chi connectivity index (χ0v) is 18.0. The maximum absolute atomic E-state index is 12.9. The highest BCUT2D eigenvalue weighted by atomic mass is 35.5. The molecule has 0 saturated carbocycles. The SMILES string of the molecule is CCOc1ccc(C(O)=C2C(=O)C(=O)N(CCCN(C)C)C2c2ccco2)cc1Cl. The number of nitrogens with zero attached hydrogens (tertiary/aromatic N) is 2. The Morgan fingerprint density at radius 1 is 1.30 bits per heavy atom. The Morgan fingerprint density at radius 3 is 2.67 bits per heavy atom. The van der Waals surface area contributed by atoms with Gasteiger partial charge in [0.15, 0.2) is 0 Å². The number of hydrogen-bond acceptors (Lipinski definition) is 6. The van der Waals surface area contributed by atoms with Crippen molar-refractivity contribution in [3.8, 4) is 5.75 Å². The molecule has 1 aromatic heterocycles. The summed E-state index contributed by atoms with van der Waals surface area (Å²) in [6.07, 6.45) is 2.15. The number of likely N-dealkylation sites (tertiary alicyclic amines) is 1. The smallest absolute Gasteiger partial charge is 0.295 e. The number of carbonyl (C=O) groups excluding carboxylic acids is 2. The highest BCUT2D eigenvalue weighted by molar-refractivity contribution is 6.46. The van der Waals surface area contributed by atoms with Crippen molar-refractivity contribution < 1.29 is 23.8 Å². The average molecular weight is 433 g/mol. The highest BCUT2D eigenvalue weighted by Gasteiger charge is 2.47. The summed E-state index contributed by atoms with van der Waals surface area (Å²) in [5.41, 5.74) is 0.311. The first kappa shape index (κ1) is 21.9. The van der Waals surface area contributed by atoms with E-state index < -0.39 is 17.7 Å². The van der Waals surface area contributed by atoms with Gasteiger partial charge >= 0.3 is 0 Å². The van der Waals surface area contributed by atoms with E-state index >= 15 is 0 Å². The fourth-order valence-corrected chi connectivity index (χ4v) is 3.72. The normalized spacial score (nSPS) is 18.4. The molecule has 1 aromatic carbocycles.